The molecule has 102 valence electrons. The Morgan fingerprint density at radius 3 is 2.83 bits per heavy atom. The Balaban J connectivity index is 2.11. The van der Waals surface area contributed by atoms with Gasteiger partial charge in [0.25, 0.3) is 0 Å². The van der Waals surface area contributed by atoms with Crippen LogP contribution in [0.3, 0.4) is 0 Å². The summed E-state index contributed by atoms with van der Waals surface area (Å²) in [5.74, 6) is 0.614. The second-order valence-corrected chi connectivity index (χ2v) is 6.03. The molecular formula is C14H21BrClNO. The van der Waals surface area contributed by atoms with E-state index in [0.717, 1.165) is 42.2 Å². The highest BCUT2D eigenvalue weighted by Gasteiger charge is 2.00. The zero-order valence-electron chi connectivity index (χ0n) is 11.0. The molecule has 0 aliphatic carbocycles. The summed E-state index contributed by atoms with van der Waals surface area (Å²) in [5, 5.41) is 4.15. The average molecular weight is 335 g/mol. The van der Waals surface area contributed by atoms with Crippen LogP contribution in [0.5, 0.6) is 0 Å². The summed E-state index contributed by atoms with van der Waals surface area (Å²) >= 11 is 9.40. The number of benzene rings is 1. The first kappa shape index (κ1) is 16.0. The molecule has 0 radical (unpaired) electrons. The molecule has 0 aromatic heterocycles. The molecular weight excluding hydrogens is 314 g/mol. The molecule has 0 fully saturated rings. The standard InChI is InChI=1S/C14H21BrClNO/c1-11(2)10-18-7-3-6-17-9-12-4-5-13(16)8-14(12)15/h4-5,8,11,17H,3,6-7,9-10H2,1-2H3. The Kier molecular flexibility index (Phi) is 7.91. The molecule has 0 aliphatic heterocycles. The molecule has 0 saturated heterocycles. The van der Waals surface area contributed by atoms with Crippen molar-refractivity contribution in [3.63, 3.8) is 0 Å². The molecule has 1 aromatic rings. The van der Waals surface area contributed by atoms with Crippen LogP contribution in [-0.2, 0) is 11.3 Å². The normalized spacial score (nSPS) is 11.2. The van der Waals surface area contributed by atoms with Crippen LogP contribution < -0.4 is 5.32 Å². The van der Waals surface area contributed by atoms with Gasteiger partial charge in [0, 0.05) is 29.3 Å². The lowest BCUT2D eigenvalue weighted by Crippen LogP contribution is -2.17. The summed E-state index contributed by atoms with van der Waals surface area (Å²) in [6.07, 6.45) is 1.04. The van der Waals surface area contributed by atoms with Crippen molar-refractivity contribution in [3.05, 3.63) is 33.3 Å². The van der Waals surface area contributed by atoms with Crippen molar-refractivity contribution in [2.24, 2.45) is 5.92 Å². The summed E-state index contributed by atoms with van der Waals surface area (Å²) in [7, 11) is 0. The fraction of sp³-hybridized carbons (Fsp3) is 0.571. The third-order valence-corrected chi connectivity index (χ3v) is 3.40. The molecule has 0 heterocycles. The number of hydrogen-bond donors (Lipinski definition) is 1. The fourth-order valence-electron chi connectivity index (χ4n) is 1.51. The molecule has 18 heavy (non-hydrogen) atoms. The molecule has 0 amide bonds. The summed E-state index contributed by atoms with van der Waals surface area (Å²) < 4.78 is 6.57. The van der Waals surface area contributed by atoms with Gasteiger partial charge in [0.2, 0.25) is 0 Å². The summed E-state index contributed by atoms with van der Waals surface area (Å²) in [6, 6.07) is 5.87. The number of rotatable bonds is 8. The third-order valence-electron chi connectivity index (χ3n) is 2.42. The zero-order valence-corrected chi connectivity index (χ0v) is 13.4. The van der Waals surface area contributed by atoms with E-state index in [9.17, 15) is 0 Å². The number of halogens is 2. The van der Waals surface area contributed by atoms with Crippen molar-refractivity contribution in [3.8, 4) is 0 Å². The third kappa shape index (κ3) is 6.74. The molecule has 0 bridgehead atoms. The van der Waals surface area contributed by atoms with Crippen LogP contribution in [0.25, 0.3) is 0 Å². The van der Waals surface area contributed by atoms with E-state index in [2.05, 4.69) is 35.1 Å². The second-order valence-electron chi connectivity index (χ2n) is 4.73. The van der Waals surface area contributed by atoms with Crippen molar-refractivity contribution in [1.82, 2.24) is 5.32 Å². The van der Waals surface area contributed by atoms with Crippen LogP contribution in [0, 0.1) is 5.92 Å². The van der Waals surface area contributed by atoms with E-state index in [1.54, 1.807) is 0 Å². The first-order valence-electron chi connectivity index (χ1n) is 6.32. The molecule has 0 aliphatic rings. The van der Waals surface area contributed by atoms with E-state index >= 15 is 0 Å². The minimum absolute atomic E-state index is 0.614. The fourth-order valence-corrected chi connectivity index (χ4v) is 2.33. The molecule has 1 aromatic carbocycles. The van der Waals surface area contributed by atoms with Crippen LogP contribution in [-0.4, -0.2) is 19.8 Å². The van der Waals surface area contributed by atoms with Crippen molar-refractivity contribution in [1.29, 1.82) is 0 Å². The molecule has 0 spiro atoms. The number of ether oxygens (including phenoxy) is 1. The van der Waals surface area contributed by atoms with E-state index < -0.39 is 0 Å². The lowest BCUT2D eigenvalue weighted by molar-refractivity contribution is 0.108. The van der Waals surface area contributed by atoms with Crippen LogP contribution in [0.4, 0.5) is 0 Å². The van der Waals surface area contributed by atoms with Crippen LogP contribution >= 0.6 is 27.5 Å². The Morgan fingerprint density at radius 1 is 1.39 bits per heavy atom. The topological polar surface area (TPSA) is 21.3 Å². The maximum absolute atomic E-state index is 5.89. The Morgan fingerprint density at radius 2 is 2.17 bits per heavy atom. The van der Waals surface area contributed by atoms with Crippen molar-refractivity contribution >= 4 is 27.5 Å². The maximum atomic E-state index is 5.89. The lowest BCUT2D eigenvalue weighted by Gasteiger charge is -2.09. The summed E-state index contributed by atoms with van der Waals surface area (Å²) in [4.78, 5) is 0. The van der Waals surface area contributed by atoms with Crippen LogP contribution in [0.2, 0.25) is 5.02 Å². The predicted molar refractivity (Wildman–Crippen MR) is 81.1 cm³/mol. The molecule has 1 rings (SSSR count). The molecule has 0 unspecified atom stereocenters. The highest BCUT2D eigenvalue weighted by molar-refractivity contribution is 9.10. The number of hydrogen-bond acceptors (Lipinski definition) is 2. The zero-order chi connectivity index (χ0) is 13.4. The van der Waals surface area contributed by atoms with E-state index in [1.165, 1.54) is 5.56 Å². The first-order chi connectivity index (χ1) is 8.59. The van der Waals surface area contributed by atoms with Gasteiger partial charge in [-0.25, -0.2) is 0 Å². The van der Waals surface area contributed by atoms with Gasteiger partial charge in [0.1, 0.15) is 0 Å². The smallest absolute Gasteiger partial charge is 0.0489 e. The summed E-state index contributed by atoms with van der Waals surface area (Å²) in [6.45, 7) is 7.82. The Hall–Kier alpha value is -0.0900. The molecule has 4 heteroatoms. The van der Waals surface area contributed by atoms with Gasteiger partial charge in [-0.1, -0.05) is 47.4 Å². The van der Waals surface area contributed by atoms with E-state index in [4.69, 9.17) is 16.3 Å². The average Bonchev–Trinajstić information content (AvgIpc) is 2.30. The maximum Gasteiger partial charge on any atom is 0.0489 e. The summed E-state index contributed by atoms with van der Waals surface area (Å²) in [5.41, 5.74) is 1.22. The Bertz CT molecular complexity index is 358. The van der Waals surface area contributed by atoms with Gasteiger partial charge in [0.05, 0.1) is 0 Å². The SMILES string of the molecule is CC(C)COCCCNCc1ccc(Cl)cc1Br. The van der Waals surface area contributed by atoms with Crippen molar-refractivity contribution in [2.45, 2.75) is 26.8 Å². The van der Waals surface area contributed by atoms with E-state index in [-0.39, 0.29) is 0 Å². The van der Waals surface area contributed by atoms with Gasteiger partial charge in [-0.15, -0.1) is 0 Å². The molecule has 0 atom stereocenters. The minimum Gasteiger partial charge on any atom is -0.381 e. The minimum atomic E-state index is 0.614. The van der Waals surface area contributed by atoms with Crippen LogP contribution in [0.15, 0.2) is 22.7 Å². The highest BCUT2D eigenvalue weighted by atomic mass is 79.9. The van der Waals surface area contributed by atoms with Crippen molar-refractivity contribution < 1.29 is 4.74 Å². The Labute approximate surface area is 123 Å². The van der Waals surface area contributed by atoms with Gasteiger partial charge < -0.3 is 10.1 Å². The van der Waals surface area contributed by atoms with Gasteiger partial charge >= 0.3 is 0 Å². The van der Waals surface area contributed by atoms with E-state index in [1.807, 2.05) is 18.2 Å². The lowest BCUT2D eigenvalue weighted by atomic mass is 10.2. The molecule has 1 N–H and O–H groups in total. The first-order valence-corrected chi connectivity index (χ1v) is 7.49. The molecule has 2 nitrogen and oxygen atoms in total. The largest absolute Gasteiger partial charge is 0.381 e. The second kappa shape index (κ2) is 8.92. The number of nitrogens with one attached hydrogen (secondary N) is 1. The van der Waals surface area contributed by atoms with Gasteiger partial charge in [-0.3, -0.25) is 0 Å². The highest BCUT2D eigenvalue weighted by Crippen LogP contribution is 2.21. The molecule has 0 saturated carbocycles. The predicted octanol–water partition coefficient (Wildman–Crippen LogP) is 4.25. The monoisotopic (exact) mass is 333 g/mol. The van der Waals surface area contributed by atoms with Crippen LogP contribution in [0.1, 0.15) is 25.8 Å². The van der Waals surface area contributed by atoms with Gasteiger partial charge in [0.15, 0.2) is 0 Å². The van der Waals surface area contributed by atoms with Gasteiger partial charge in [-0.2, -0.15) is 0 Å². The van der Waals surface area contributed by atoms with Crippen molar-refractivity contribution in [2.75, 3.05) is 19.8 Å². The quantitative estimate of drug-likeness (QED) is 0.717. The van der Waals surface area contributed by atoms with Gasteiger partial charge in [-0.05, 0) is 36.6 Å². The van der Waals surface area contributed by atoms with E-state index in [0.29, 0.717) is 5.92 Å².